The van der Waals surface area contributed by atoms with E-state index >= 15 is 0 Å². The zero-order valence-electron chi connectivity index (χ0n) is 25.7. The standard InChI is InChI=1S/C31H40FN7O6/c1-42-26-11-8-23(19-27(26)43-2)30-34-36-39(35-30)21-28(40)38(13-4-12-37-14-17-44-18-15-37)29(22-6-9-24(32)10-7-22)31(41)33-20-25-5-3-16-45-25/h6-11,19,25,29H,3-5,12-18,20-21H2,1-2H3,(H,33,41)/t25-,29-/m0/s1. The molecular formula is C31H40FN7O6. The summed E-state index contributed by atoms with van der Waals surface area (Å²) in [4.78, 5) is 32.8. The number of ether oxygens (including phenoxy) is 4. The SMILES string of the molecule is COc1ccc(-c2nnn(CC(=O)N(CCCN3CCOCC3)[C@H](C(=O)NC[C@@H]3CCCO3)c3ccc(F)cc3)n2)cc1OC. The van der Waals surface area contributed by atoms with Gasteiger partial charge in [-0.15, -0.1) is 10.2 Å². The average Bonchev–Trinajstić information content (AvgIpc) is 3.77. The van der Waals surface area contributed by atoms with Crippen molar-refractivity contribution in [1.82, 2.24) is 35.3 Å². The minimum Gasteiger partial charge on any atom is -0.493 e. The molecule has 13 nitrogen and oxygen atoms in total. The van der Waals surface area contributed by atoms with Gasteiger partial charge in [0.05, 0.1) is 33.5 Å². The van der Waals surface area contributed by atoms with Crippen molar-refractivity contribution in [2.24, 2.45) is 0 Å². The van der Waals surface area contributed by atoms with Crippen LogP contribution in [-0.2, 0) is 25.6 Å². The molecular weight excluding hydrogens is 585 g/mol. The van der Waals surface area contributed by atoms with Crippen molar-refractivity contribution < 1.29 is 32.9 Å². The summed E-state index contributed by atoms with van der Waals surface area (Å²) >= 11 is 0. The molecule has 2 amide bonds. The molecule has 14 heteroatoms. The molecule has 0 saturated carbocycles. The van der Waals surface area contributed by atoms with E-state index in [1.807, 2.05) is 0 Å². The first-order valence-corrected chi connectivity index (χ1v) is 15.2. The third-order valence-corrected chi connectivity index (χ3v) is 7.94. The fraction of sp³-hybridized carbons (Fsp3) is 0.516. The number of hydrogen-bond donors (Lipinski definition) is 1. The maximum absolute atomic E-state index is 14.0. The van der Waals surface area contributed by atoms with Gasteiger partial charge in [-0.3, -0.25) is 14.5 Å². The van der Waals surface area contributed by atoms with Gasteiger partial charge in [0.1, 0.15) is 18.4 Å². The smallest absolute Gasteiger partial charge is 0.247 e. The first-order chi connectivity index (χ1) is 21.9. The molecule has 0 aliphatic carbocycles. The van der Waals surface area contributed by atoms with Crippen LogP contribution < -0.4 is 14.8 Å². The number of carbonyl (C=O) groups excluding carboxylic acids is 2. The van der Waals surface area contributed by atoms with Crippen LogP contribution >= 0.6 is 0 Å². The second-order valence-corrected chi connectivity index (χ2v) is 10.9. The van der Waals surface area contributed by atoms with Crippen LogP contribution in [0, 0.1) is 5.82 Å². The second kappa shape index (κ2) is 15.7. The lowest BCUT2D eigenvalue weighted by Gasteiger charge is -2.33. The maximum atomic E-state index is 14.0. The Morgan fingerprint density at radius 1 is 1.09 bits per heavy atom. The van der Waals surface area contributed by atoms with E-state index in [-0.39, 0.29) is 31.0 Å². The fourth-order valence-electron chi connectivity index (χ4n) is 5.53. The number of rotatable bonds is 14. The topological polar surface area (TPSA) is 133 Å². The summed E-state index contributed by atoms with van der Waals surface area (Å²) in [6.07, 6.45) is 2.32. The molecule has 0 spiro atoms. The second-order valence-electron chi connectivity index (χ2n) is 10.9. The van der Waals surface area contributed by atoms with E-state index < -0.39 is 11.9 Å². The van der Waals surface area contributed by atoms with Crippen LogP contribution in [0.3, 0.4) is 0 Å². The maximum Gasteiger partial charge on any atom is 0.247 e. The predicted molar refractivity (Wildman–Crippen MR) is 161 cm³/mol. The van der Waals surface area contributed by atoms with Gasteiger partial charge in [-0.05, 0) is 60.4 Å². The monoisotopic (exact) mass is 625 g/mol. The van der Waals surface area contributed by atoms with Crippen LogP contribution in [0.15, 0.2) is 42.5 Å². The van der Waals surface area contributed by atoms with Gasteiger partial charge >= 0.3 is 0 Å². The Morgan fingerprint density at radius 3 is 2.58 bits per heavy atom. The van der Waals surface area contributed by atoms with Crippen LogP contribution in [0.5, 0.6) is 11.5 Å². The van der Waals surface area contributed by atoms with E-state index in [4.69, 9.17) is 18.9 Å². The van der Waals surface area contributed by atoms with Crippen molar-refractivity contribution in [3.63, 3.8) is 0 Å². The summed E-state index contributed by atoms with van der Waals surface area (Å²) in [5, 5.41) is 15.6. The van der Waals surface area contributed by atoms with Crippen LogP contribution in [0.25, 0.3) is 11.4 Å². The van der Waals surface area contributed by atoms with Crippen molar-refractivity contribution >= 4 is 11.8 Å². The quantitative estimate of drug-likeness (QED) is 0.284. The van der Waals surface area contributed by atoms with Gasteiger partial charge in [0.25, 0.3) is 0 Å². The molecule has 0 bridgehead atoms. The molecule has 1 aromatic heterocycles. The number of benzene rings is 2. The number of carbonyl (C=O) groups is 2. The van der Waals surface area contributed by atoms with Crippen molar-refractivity contribution in [3.8, 4) is 22.9 Å². The molecule has 45 heavy (non-hydrogen) atoms. The molecule has 2 aromatic carbocycles. The van der Waals surface area contributed by atoms with E-state index in [1.165, 1.54) is 41.1 Å². The lowest BCUT2D eigenvalue weighted by molar-refractivity contribution is -0.142. The Balaban J connectivity index is 1.37. The van der Waals surface area contributed by atoms with E-state index in [2.05, 4.69) is 25.6 Å². The van der Waals surface area contributed by atoms with E-state index in [1.54, 1.807) is 25.3 Å². The van der Waals surface area contributed by atoms with E-state index in [9.17, 15) is 14.0 Å². The highest BCUT2D eigenvalue weighted by Crippen LogP contribution is 2.31. The highest BCUT2D eigenvalue weighted by atomic mass is 19.1. The first-order valence-electron chi connectivity index (χ1n) is 15.2. The lowest BCUT2D eigenvalue weighted by atomic mass is 10.0. The van der Waals surface area contributed by atoms with Gasteiger partial charge in [-0.25, -0.2) is 4.39 Å². The van der Waals surface area contributed by atoms with Crippen LogP contribution in [-0.4, -0.2) is 115 Å². The van der Waals surface area contributed by atoms with Gasteiger partial charge in [0.15, 0.2) is 11.5 Å². The summed E-state index contributed by atoms with van der Waals surface area (Å²) in [6, 6.07) is 9.89. The van der Waals surface area contributed by atoms with E-state index in [0.29, 0.717) is 61.2 Å². The van der Waals surface area contributed by atoms with E-state index in [0.717, 1.165) is 32.5 Å². The molecule has 242 valence electrons. The molecule has 0 unspecified atom stereocenters. The van der Waals surface area contributed by atoms with Gasteiger partial charge in [-0.2, -0.15) is 4.80 Å². The van der Waals surface area contributed by atoms with Crippen molar-refractivity contribution in [3.05, 3.63) is 53.8 Å². The third kappa shape index (κ3) is 8.53. The molecule has 1 N–H and O–H groups in total. The Kier molecular flexibility index (Phi) is 11.3. The Bertz CT molecular complexity index is 1410. The van der Waals surface area contributed by atoms with Gasteiger partial charge in [0.2, 0.25) is 17.6 Å². The number of nitrogens with one attached hydrogen (secondary N) is 1. The minimum absolute atomic E-state index is 0.0809. The Hall–Kier alpha value is -4.14. The number of methoxy groups -OCH3 is 2. The highest BCUT2D eigenvalue weighted by molar-refractivity contribution is 5.88. The number of amides is 2. The molecule has 2 fully saturated rings. The van der Waals surface area contributed by atoms with Crippen molar-refractivity contribution in [1.29, 1.82) is 0 Å². The summed E-state index contributed by atoms with van der Waals surface area (Å²) in [5.41, 5.74) is 1.13. The van der Waals surface area contributed by atoms with Crippen LogP contribution in [0.2, 0.25) is 0 Å². The highest BCUT2D eigenvalue weighted by Gasteiger charge is 2.33. The molecule has 3 aromatic rings. The first kappa shape index (κ1) is 32.3. The molecule has 2 aliphatic heterocycles. The third-order valence-electron chi connectivity index (χ3n) is 7.94. The number of hydrogen-bond acceptors (Lipinski definition) is 10. The fourth-order valence-corrected chi connectivity index (χ4v) is 5.53. The molecule has 2 atom stereocenters. The predicted octanol–water partition coefficient (Wildman–Crippen LogP) is 2.08. The number of halogens is 1. The van der Waals surface area contributed by atoms with Crippen molar-refractivity contribution in [2.45, 2.75) is 38.0 Å². The summed E-state index contributed by atoms with van der Waals surface area (Å²) in [7, 11) is 3.08. The molecule has 2 saturated heterocycles. The number of tetrazole rings is 1. The number of nitrogens with zero attached hydrogens (tertiary/aromatic N) is 6. The largest absolute Gasteiger partial charge is 0.493 e. The number of morpholine rings is 1. The van der Waals surface area contributed by atoms with Crippen LogP contribution in [0.1, 0.15) is 30.9 Å². The summed E-state index contributed by atoms with van der Waals surface area (Å²) in [5.74, 6) is 0.180. The van der Waals surface area contributed by atoms with Crippen LogP contribution in [0.4, 0.5) is 4.39 Å². The number of aromatic nitrogens is 4. The lowest BCUT2D eigenvalue weighted by Crippen LogP contribution is -2.47. The summed E-state index contributed by atoms with van der Waals surface area (Å²) in [6.45, 7) is 4.66. The average molecular weight is 626 g/mol. The molecule has 3 heterocycles. The van der Waals surface area contributed by atoms with Crippen molar-refractivity contribution in [2.75, 3.05) is 66.8 Å². The molecule has 5 rings (SSSR count). The normalized spacial score (nSPS) is 17.5. The zero-order chi connectivity index (χ0) is 31.6. The van der Waals surface area contributed by atoms with Gasteiger partial charge in [0, 0.05) is 44.9 Å². The summed E-state index contributed by atoms with van der Waals surface area (Å²) < 4.78 is 35.8. The zero-order valence-corrected chi connectivity index (χ0v) is 25.7. The molecule has 0 radical (unpaired) electrons. The van der Waals surface area contributed by atoms with Gasteiger partial charge < -0.3 is 29.2 Å². The molecule has 2 aliphatic rings. The van der Waals surface area contributed by atoms with Gasteiger partial charge in [-0.1, -0.05) is 12.1 Å². The minimum atomic E-state index is -1.00. The Morgan fingerprint density at radius 2 is 1.87 bits per heavy atom. The Labute approximate surface area is 261 Å².